The van der Waals surface area contributed by atoms with E-state index in [2.05, 4.69) is 20.2 Å². The Bertz CT molecular complexity index is 592. The van der Waals surface area contributed by atoms with E-state index in [1.54, 1.807) is 0 Å². The number of amides is 1. The van der Waals surface area contributed by atoms with E-state index < -0.39 is 10.0 Å². The van der Waals surface area contributed by atoms with Gasteiger partial charge in [-0.1, -0.05) is 5.16 Å². The lowest BCUT2D eigenvalue weighted by Gasteiger charge is -2.02. The summed E-state index contributed by atoms with van der Waals surface area (Å²) in [5, 5.41) is 6.14. The minimum absolute atomic E-state index is 0.0169. The highest BCUT2D eigenvalue weighted by molar-refractivity contribution is 7.90. The van der Waals surface area contributed by atoms with E-state index in [0.29, 0.717) is 31.6 Å². The Labute approximate surface area is 110 Å². The van der Waals surface area contributed by atoms with Gasteiger partial charge in [-0.3, -0.25) is 4.79 Å². The molecular weight excluding hydrogens is 272 g/mol. The molecule has 0 spiro atoms. The van der Waals surface area contributed by atoms with Crippen LogP contribution in [-0.2, 0) is 21.4 Å². The normalized spacial score (nSPS) is 23.6. The molecule has 3 rings (SSSR count). The maximum Gasteiger partial charge on any atom is 0.249 e. The van der Waals surface area contributed by atoms with Gasteiger partial charge in [-0.05, 0) is 19.3 Å². The van der Waals surface area contributed by atoms with Crippen LogP contribution in [0.15, 0.2) is 4.52 Å². The summed E-state index contributed by atoms with van der Waals surface area (Å²) in [6.45, 7) is 0.0169. The van der Waals surface area contributed by atoms with Crippen LogP contribution in [0, 0.1) is 0 Å². The van der Waals surface area contributed by atoms with Gasteiger partial charge in [0.2, 0.25) is 21.8 Å². The average molecular weight is 286 g/mol. The fraction of sp³-hybridized carbons (Fsp3) is 0.700. The minimum Gasteiger partial charge on any atom is -0.344 e. The summed E-state index contributed by atoms with van der Waals surface area (Å²) >= 11 is 0. The van der Waals surface area contributed by atoms with E-state index in [4.69, 9.17) is 4.52 Å². The lowest BCUT2D eigenvalue weighted by molar-refractivity contribution is -0.119. The highest BCUT2D eigenvalue weighted by atomic mass is 32.2. The summed E-state index contributed by atoms with van der Waals surface area (Å²) in [4.78, 5) is 15.2. The zero-order chi connectivity index (χ0) is 13.5. The summed E-state index contributed by atoms with van der Waals surface area (Å²) in [7, 11) is -3.25. The van der Waals surface area contributed by atoms with Crippen molar-refractivity contribution >= 4 is 15.9 Å². The average Bonchev–Trinajstić information content (AvgIpc) is 2.99. The highest BCUT2D eigenvalue weighted by Gasteiger charge is 2.35. The predicted molar refractivity (Wildman–Crippen MR) is 63.2 cm³/mol. The molecular formula is C10H14N4O4S. The number of nitrogens with one attached hydrogen (secondary N) is 2. The van der Waals surface area contributed by atoms with Crippen molar-refractivity contribution in [2.24, 2.45) is 0 Å². The first-order valence-electron chi connectivity index (χ1n) is 6.15. The van der Waals surface area contributed by atoms with Crippen LogP contribution in [-0.4, -0.2) is 29.7 Å². The van der Waals surface area contributed by atoms with Crippen molar-refractivity contribution in [2.45, 2.75) is 43.5 Å². The molecule has 0 radical (unpaired) electrons. The van der Waals surface area contributed by atoms with Crippen LogP contribution < -0.4 is 10.0 Å². The van der Waals surface area contributed by atoms with Crippen LogP contribution in [0.25, 0.3) is 0 Å². The third kappa shape index (κ3) is 2.76. The van der Waals surface area contributed by atoms with Crippen molar-refractivity contribution < 1.29 is 17.7 Å². The Morgan fingerprint density at radius 2 is 2.16 bits per heavy atom. The topological polar surface area (TPSA) is 114 Å². The van der Waals surface area contributed by atoms with Gasteiger partial charge in [-0.2, -0.15) is 4.98 Å². The second-order valence-electron chi connectivity index (χ2n) is 4.77. The number of hydrogen-bond acceptors (Lipinski definition) is 6. The summed E-state index contributed by atoms with van der Waals surface area (Å²) in [6, 6.07) is -0.256. The number of hydrogen-bond donors (Lipinski definition) is 2. The van der Waals surface area contributed by atoms with Gasteiger partial charge < -0.3 is 9.84 Å². The molecule has 0 bridgehead atoms. The van der Waals surface area contributed by atoms with Crippen LogP contribution >= 0.6 is 0 Å². The molecule has 1 aromatic rings. The van der Waals surface area contributed by atoms with Gasteiger partial charge in [-0.15, -0.1) is 0 Å². The van der Waals surface area contributed by atoms with Gasteiger partial charge in [-0.25, -0.2) is 13.1 Å². The molecule has 8 nitrogen and oxygen atoms in total. The largest absolute Gasteiger partial charge is 0.344 e. The van der Waals surface area contributed by atoms with Crippen molar-refractivity contribution in [3.8, 4) is 0 Å². The zero-order valence-electron chi connectivity index (χ0n) is 10.1. The van der Waals surface area contributed by atoms with Crippen molar-refractivity contribution in [1.29, 1.82) is 0 Å². The Kier molecular flexibility index (Phi) is 3.02. The van der Waals surface area contributed by atoms with Crippen LogP contribution in [0.1, 0.15) is 43.4 Å². The predicted octanol–water partition coefficient (Wildman–Crippen LogP) is -0.397. The van der Waals surface area contributed by atoms with Gasteiger partial charge in [0.15, 0.2) is 5.82 Å². The molecule has 1 saturated heterocycles. The Balaban J connectivity index is 1.60. The van der Waals surface area contributed by atoms with Gasteiger partial charge in [0.1, 0.15) is 6.04 Å². The Morgan fingerprint density at radius 1 is 1.37 bits per heavy atom. The molecule has 0 unspecified atom stereocenters. The first-order chi connectivity index (χ1) is 9.04. The molecule has 1 aliphatic heterocycles. The van der Waals surface area contributed by atoms with E-state index in [-0.39, 0.29) is 29.6 Å². The molecule has 1 amide bonds. The molecule has 0 aromatic carbocycles. The lowest BCUT2D eigenvalue weighted by Crippen LogP contribution is -2.27. The molecule has 1 atom stereocenters. The maximum atomic E-state index is 11.6. The van der Waals surface area contributed by atoms with E-state index in [1.165, 1.54) is 0 Å². The summed E-state index contributed by atoms with van der Waals surface area (Å²) in [6.07, 6.45) is 2.48. The number of sulfonamides is 1. The molecule has 1 aromatic heterocycles. The number of carbonyl (C=O) groups is 1. The Hall–Kier alpha value is -1.48. The highest BCUT2D eigenvalue weighted by Crippen LogP contribution is 2.27. The molecule has 1 saturated carbocycles. The molecule has 1 aliphatic carbocycles. The SMILES string of the molecule is O=C1CC[C@@H](c2nc(CNS(=O)(=O)C3CC3)no2)N1. The molecule has 2 heterocycles. The van der Waals surface area contributed by atoms with Crippen LogP contribution in [0.3, 0.4) is 0 Å². The number of carbonyl (C=O) groups excluding carboxylic acids is 1. The molecule has 2 fully saturated rings. The van der Waals surface area contributed by atoms with E-state index in [9.17, 15) is 13.2 Å². The van der Waals surface area contributed by atoms with E-state index >= 15 is 0 Å². The minimum atomic E-state index is -3.25. The van der Waals surface area contributed by atoms with Crippen molar-refractivity contribution in [1.82, 2.24) is 20.2 Å². The molecule has 19 heavy (non-hydrogen) atoms. The lowest BCUT2D eigenvalue weighted by atomic mass is 10.2. The summed E-state index contributed by atoms with van der Waals surface area (Å²) in [5.74, 6) is 0.561. The summed E-state index contributed by atoms with van der Waals surface area (Å²) in [5.41, 5.74) is 0. The van der Waals surface area contributed by atoms with Crippen LogP contribution in [0.4, 0.5) is 0 Å². The van der Waals surface area contributed by atoms with Gasteiger partial charge in [0, 0.05) is 6.42 Å². The number of rotatable bonds is 5. The standard InChI is InChI=1S/C10H14N4O4S/c15-9-4-3-7(12-9)10-13-8(14-18-10)5-11-19(16,17)6-1-2-6/h6-7,11H,1-5H2,(H,12,15)/t7-/m0/s1. The summed E-state index contributed by atoms with van der Waals surface area (Å²) < 4.78 is 30.7. The number of aromatic nitrogens is 2. The molecule has 104 valence electrons. The smallest absolute Gasteiger partial charge is 0.249 e. The second kappa shape index (κ2) is 4.57. The van der Waals surface area contributed by atoms with E-state index in [1.807, 2.05) is 0 Å². The monoisotopic (exact) mass is 286 g/mol. The Morgan fingerprint density at radius 3 is 2.79 bits per heavy atom. The number of nitrogens with zero attached hydrogens (tertiary/aromatic N) is 2. The third-order valence-electron chi connectivity index (χ3n) is 3.17. The van der Waals surface area contributed by atoms with Crippen molar-refractivity contribution in [2.75, 3.05) is 0 Å². The van der Waals surface area contributed by atoms with Crippen LogP contribution in [0.2, 0.25) is 0 Å². The van der Waals surface area contributed by atoms with Gasteiger partial charge in [0.05, 0.1) is 11.8 Å². The van der Waals surface area contributed by atoms with Crippen molar-refractivity contribution in [3.63, 3.8) is 0 Å². The molecule has 2 aliphatic rings. The fourth-order valence-electron chi connectivity index (χ4n) is 1.94. The molecule has 2 N–H and O–H groups in total. The quantitative estimate of drug-likeness (QED) is 0.761. The molecule has 9 heteroatoms. The van der Waals surface area contributed by atoms with E-state index in [0.717, 1.165) is 0 Å². The van der Waals surface area contributed by atoms with Gasteiger partial charge >= 0.3 is 0 Å². The van der Waals surface area contributed by atoms with Crippen LogP contribution in [0.5, 0.6) is 0 Å². The first-order valence-corrected chi connectivity index (χ1v) is 7.69. The fourth-order valence-corrected chi connectivity index (χ4v) is 3.26. The zero-order valence-corrected chi connectivity index (χ0v) is 10.9. The third-order valence-corrected chi connectivity index (χ3v) is 5.07. The first kappa shape index (κ1) is 12.5. The van der Waals surface area contributed by atoms with Crippen molar-refractivity contribution in [3.05, 3.63) is 11.7 Å². The second-order valence-corrected chi connectivity index (χ2v) is 6.82. The maximum absolute atomic E-state index is 11.6. The van der Waals surface area contributed by atoms with Gasteiger partial charge in [0.25, 0.3) is 0 Å².